The molecule has 0 fully saturated rings. The molecule has 0 radical (unpaired) electrons. The fraction of sp³-hybridized carbons (Fsp3) is 0.471. The topological polar surface area (TPSA) is 97.4 Å². The van der Waals surface area contributed by atoms with E-state index in [1.165, 1.54) is 0 Å². The molecule has 28 heavy (non-hydrogen) atoms. The van der Waals surface area contributed by atoms with Gasteiger partial charge in [-0.05, 0) is 36.9 Å². The van der Waals surface area contributed by atoms with Crippen molar-refractivity contribution in [3.63, 3.8) is 0 Å². The summed E-state index contributed by atoms with van der Waals surface area (Å²) in [6.45, 7) is 5.74. The van der Waals surface area contributed by atoms with Crippen molar-refractivity contribution in [3.05, 3.63) is 23.8 Å². The Morgan fingerprint density at radius 1 is 1.11 bits per heavy atom. The van der Waals surface area contributed by atoms with Gasteiger partial charge in [-0.15, -0.1) is 0 Å². The first-order valence-corrected chi connectivity index (χ1v) is 13.6. The predicted octanol–water partition coefficient (Wildman–Crippen LogP) is 1.82. The molecule has 1 aliphatic rings. The highest BCUT2D eigenvalue weighted by atomic mass is 32.1. The monoisotopic (exact) mass is 444 g/mol. The Balaban J connectivity index is 2.42. The van der Waals surface area contributed by atoms with E-state index in [2.05, 4.69) is 12.6 Å². The van der Waals surface area contributed by atoms with Crippen LogP contribution < -0.4 is 9.61 Å². The number of carbonyl (C=O) groups is 3. The largest absolute Gasteiger partial charge is 0.742 e. The van der Waals surface area contributed by atoms with Crippen molar-refractivity contribution < 1.29 is 36.5 Å². The third-order valence-corrected chi connectivity index (χ3v) is 9.57. The minimum absolute atomic E-state index is 0.291. The van der Waals surface area contributed by atoms with Crippen LogP contribution in [0.4, 0.5) is 0 Å². The van der Waals surface area contributed by atoms with Crippen molar-refractivity contribution in [2.45, 2.75) is 46.4 Å². The molecule has 0 amide bonds. The molecule has 0 saturated carbocycles. The quantitative estimate of drug-likeness (QED) is 0.502. The van der Waals surface area contributed by atoms with E-state index in [4.69, 9.17) is 22.1 Å². The predicted molar refractivity (Wildman–Crippen MR) is 107 cm³/mol. The van der Waals surface area contributed by atoms with Crippen molar-refractivity contribution in [2.75, 3.05) is 5.75 Å². The summed E-state index contributed by atoms with van der Waals surface area (Å²) in [5.74, 6) is -0.786. The van der Waals surface area contributed by atoms with Crippen LogP contribution >= 0.6 is 12.6 Å². The summed E-state index contributed by atoms with van der Waals surface area (Å²) in [6.07, 6.45) is 0.890. The number of thiol groups is 1. The van der Waals surface area contributed by atoms with Gasteiger partial charge in [0.2, 0.25) is 0 Å². The molecule has 0 saturated heterocycles. The third-order valence-electron chi connectivity index (χ3n) is 3.90. The standard InChI is InChI=1S/C17H24O8SSi2/c1-12(18)22-28(23-13(2)19,24-14(3)20)16-6-7-17-15(10-16)11-21-27(4,25-17)9-5-8-26/h6-7,10,26H,5,8-9,11H2,1-4H3. The molecule has 2 rings (SSSR count). The molecule has 0 aromatic heterocycles. The average molecular weight is 445 g/mol. The Hall–Kier alpha value is -1.83. The van der Waals surface area contributed by atoms with Crippen LogP contribution in [0.15, 0.2) is 18.2 Å². The van der Waals surface area contributed by atoms with E-state index >= 15 is 0 Å². The third kappa shape index (κ3) is 5.59. The van der Waals surface area contributed by atoms with E-state index in [1.54, 1.807) is 18.2 Å². The van der Waals surface area contributed by atoms with Gasteiger partial charge in [0.05, 0.1) is 11.8 Å². The lowest BCUT2D eigenvalue weighted by atomic mass is 10.2. The van der Waals surface area contributed by atoms with Crippen LogP contribution in [0.3, 0.4) is 0 Å². The smallest absolute Gasteiger partial charge is 0.520 e. The summed E-state index contributed by atoms with van der Waals surface area (Å²) >= 11 is 4.23. The molecule has 11 heteroatoms. The van der Waals surface area contributed by atoms with Crippen molar-refractivity contribution >= 4 is 53.1 Å². The number of hydrogen-bond acceptors (Lipinski definition) is 9. The van der Waals surface area contributed by atoms with E-state index in [-0.39, 0.29) is 0 Å². The first-order chi connectivity index (χ1) is 13.1. The second kappa shape index (κ2) is 9.11. The van der Waals surface area contributed by atoms with Gasteiger partial charge in [0.25, 0.3) is 17.9 Å². The fourth-order valence-corrected chi connectivity index (χ4v) is 7.76. The molecule has 1 heterocycles. The molecule has 1 aliphatic heterocycles. The summed E-state index contributed by atoms with van der Waals surface area (Å²) < 4.78 is 27.9. The van der Waals surface area contributed by atoms with Crippen molar-refractivity contribution in [1.29, 1.82) is 0 Å². The number of rotatable bonds is 7. The van der Waals surface area contributed by atoms with E-state index in [0.29, 0.717) is 23.1 Å². The van der Waals surface area contributed by atoms with Crippen LogP contribution in [0.1, 0.15) is 32.8 Å². The summed E-state index contributed by atoms with van der Waals surface area (Å²) in [5, 5.41) is 0.291. The molecule has 1 atom stereocenters. The molecule has 1 aromatic carbocycles. The average Bonchev–Trinajstić information content (AvgIpc) is 2.57. The van der Waals surface area contributed by atoms with Gasteiger partial charge < -0.3 is 22.1 Å². The van der Waals surface area contributed by atoms with E-state index in [9.17, 15) is 14.4 Å². The molecule has 8 nitrogen and oxygen atoms in total. The maximum Gasteiger partial charge on any atom is 0.742 e. The Bertz CT molecular complexity index is 731. The lowest BCUT2D eigenvalue weighted by Crippen LogP contribution is -2.59. The Kier molecular flexibility index (Phi) is 7.31. The molecule has 154 valence electrons. The summed E-state index contributed by atoms with van der Waals surface area (Å²) in [6, 6.07) is 5.71. The van der Waals surface area contributed by atoms with Gasteiger partial charge >= 0.3 is 17.4 Å². The zero-order chi connectivity index (χ0) is 20.9. The summed E-state index contributed by atoms with van der Waals surface area (Å²) in [7, 11) is -6.48. The first-order valence-electron chi connectivity index (χ1n) is 8.75. The lowest BCUT2D eigenvalue weighted by Gasteiger charge is -2.34. The molecular weight excluding hydrogens is 420 g/mol. The minimum Gasteiger partial charge on any atom is -0.520 e. The van der Waals surface area contributed by atoms with Gasteiger partial charge in [0, 0.05) is 32.4 Å². The molecule has 1 aromatic rings. The second-order valence-electron chi connectivity index (χ2n) is 6.51. The summed E-state index contributed by atoms with van der Waals surface area (Å²) in [5.41, 5.74) is 0.691. The summed E-state index contributed by atoms with van der Waals surface area (Å²) in [4.78, 5) is 34.9. The van der Waals surface area contributed by atoms with Crippen LogP contribution in [0.5, 0.6) is 5.75 Å². The highest BCUT2D eigenvalue weighted by Gasteiger charge is 2.55. The SMILES string of the molecule is CC(=O)O[Si](OC(C)=O)(OC(C)=O)c1ccc2c(c1)CO[Si](C)(CCCS)O2. The fourth-order valence-electron chi connectivity index (χ4n) is 2.81. The Labute approximate surface area is 171 Å². The van der Waals surface area contributed by atoms with Gasteiger partial charge in [0.1, 0.15) is 5.75 Å². The number of carbonyl (C=O) groups excluding carboxylic acids is 3. The van der Waals surface area contributed by atoms with Crippen LogP contribution in [-0.4, -0.2) is 41.0 Å². The number of benzene rings is 1. The van der Waals surface area contributed by atoms with Crippen molar-refractivity contribution in [3.8, 4) is 5.75 Å². The van der Waals surface area contributed by atoms with Gasteiger partial charge in [-0.25, -0.2) is 0 Å². The van der Waals surface area contributed by atoms with Gasteiger partial charge in [-0.1, -0.05) is 0 Å². The van der Waals surface area contributed by atoms with Crippen molar-refractivity contribution in [2.24, 2.45) is 0 Å². The molecule has 0 aliphatic carbocycles. The van der Waals surface area contributed by atoms with Gasteiger partial charge in [0.15, 0.2) is 0 Å². The molecule has 1 unspecified atom stereocenters. The minimum atomic E-state index is -4.14. The van der Waals surface area contributed by atoms with E-state index in [1.807, 2.05) is 6.55 Å². The first kappa shape index (κ1) is 22.5. The van der Waals surface area contributed by atoms with Crippen molar-refractivity contribution in [1.82, 2.24) is 0 Å². The lowest BCUT2D eigenvalue weighted by molar-refractivity contribution is -0.146. The van der Waals surface area contributed by atoms with Crippen LogP contribution in [0.25, 0.3) is 0 Å². The highest BCUT2D eigenvalue weighted by Crippen LogP contribution is 2.32. The van der Waals surface area contributed by atoms with E-state index in [0.717, 1.165) is 39.0 Å². The van der Waals surface area contributed by atoms with Crippen LogP contribution in [0, 0.1) is 0 Å². The molecule has 0 N–H and O–H groups in total. The number of fused-ring (bicyclic) bond motifs is 1. The van der Waals surface area contributed by atoms with Gasteiger partial charge in [-0.3, -0.25) is 14.4 Å². The van der Waals surface area contributed by atoms with Crippen LogP contribution in [-0.2, 0) is 38.7 Å². The maximum absolute atomic E-state index is 11.6. The maximum atomic E-state index is 11.6. The van der Waals surface area contributed by atoms with E-state index < -0.39 is 35.3 Å². The van der Waals surface area contributed by atoms with Crippen LogP contribution in [0.2, 0.25) is 12.6 Å². The zero-order valence-corrected chi connectivity index (χ0v) is 19.2. The molecular formula is C17H24O8SSi2. The van der Waals surface area contributed by atoms with Gasteiger partial charge in [-0.2, -0.15) is 12.6 Å². The molecule has 0 bridgehead atoms. The zero-order valence-electron chi connectivity index (χ0n) is 16.3. The Morgan fingerprint density at radius 2 is 1.68 bits per heavy atom. The number of hydrogen-bond donors (Lipinski definition) is 1. The highest BCUT2D eigenvalue weighted by molar-refractivity contribution is 7.80. The normalized spacial score (nSPS) is 18.5. The Morgan fingerprint density at radius 3 is 2.18 bits per heavy atom. The second-order valence-corrected chi connectivity index (χ2v) is 12.5. The molecule has 0 spiro atoms.